The number of aliphatic hydroxyl groups excluding tert-OH is 1. The standard InChI is InChI=1S/C22H34N2O6/c1-21(2,3)28-16-11-9-15(10-12-16)19(26)23-17-14-24(13-7-8-18(17)25)30-20(27)29-22(4,5)6/h9-12,17-18,25H,7-8,13-14H2,1-6H3,(H,23,26)/t17-,18-/m1/s1. The lowest BCUT2D eigenvalue weighted by Crippen LogP contribution is -2.49. The molecule has 1 heterocycles. The van der Waals surface area contributed by atoms with Gasteiger partial charge in [-0.3, -0.25) is 4.79 Å². The Kier molecular flexibility index (Phi) is 7.71. The lowest BCUT2D eigenvalue weighted by Gasteiger charge is -2.27. The number of ether oxygens (including phenoxy) is 2. The lowest BCUT2D eigenvalue weighted by atomic mass is 10.1. The van der Waals surface area contributed by atoms with Crippen LogP contribution in [0.15, 0.2) is 24.3 Å². The van der Waals surface area contributed by atoms with E-state index in [0.29, 0.717) is 30.7 Å². The molecule has 8 nitrogen and oxygen atoms in total. The van der Waals surface area contributed by atoms with Crippen molar-refractivity contribution in [1.29, 1.82) is 0 Å². The van der Waals surface area contributed by atoms with Crippen molar-refractivity contribution in [1.82, 2.24) is 10.4 Å². The third kappa shape index (κ3) is 8.20. The molecule has 0 unspecified atom stereocenters. The van der Waals surface area contributed by atoms with Crippen LogP contribution in [0.1, 0.15) is 64.7 Å². The first kappa shape index (κ1) is 24.0. The Balaban J connectivity index is 1.98. The van der Waals surface area contributed by atoms with Gasteiger partial charge in [0.15, 0.2) is 0 Å². The molecule has 1 aromatic carbocycles. The SMILES string of the molecule is CC(C)(C)OC(=O)ON1CCC[C@@H](O)[C@H](NC(=O)c2ccc(OC(C)(C)C)cc2)C1. The summed E-state index contributed by atoms with van der Waals surface area (Å²) in [6.07, 6.45) is -0.449. The van der Waals surface area contributed by atoms with E-state index in [-0.39, 0.29) is 18.1 Å². The van der Waals surface area contributed by atoms with Crippen molar-refractivity contribution in [2.45, 2.75) is 77.7 Å². The molecule has 0 aromatic heterocycles. The zero-order chi connectivity index (χ0) is 22.5. The Morgan fingerprint density at radius 1 is 1.07 bits per heavy atom. The van der Waals surface area contributed by atoms with Crippen LogP contribution in [-0.2, 0) is 9.57 Å². The average Bonchev–Trinajstić information content (AvgIpc) is 2.74. The van der Waals surface area contributed by atoms with Crippen LogP contribution in [0.5, 0.6) is 5.75 Å². The molecule has 2 N–H and O–H groups in total. The summed E-state index contributed by atoms with van der Waals surface area (Å²) >= 11 is 0. The highest BCUT2D eigenvalue weighted by molar-refractivity contribution is 5.94. The van der Waals surface area contributed by atoms with Crippen LogP contribution in [0, 0.1) is 0 Å². The van der Waals surface area contributed by atoms with Gasteiger partial charge in [-0.1, -0.05) is 0 Å². The summed E-state index contributed by atoms with van der Waals surface area (Å²) in [5.41, 5.74) is -0.544. The number of rotatable bonds is 4. The fourth-order valence-electron chi connectivity index (χ4n) is 2.99. The van der Waals surface area contributed by atoms with Crippen molar-refractivity contribution in [3.05, 3.63) is 29.8 Å². The number of carbonyl (C=O) groups is 2. The van der Waals surface area contributed by atoms with E-state index in [9.17, 15) is 14.7 Å². The number of nitrogens with one attached hydrogen (secondary N) is 1. The number of aliphatic hydroxyl groups is 1. The van der Waals surface area contributed by atoms with Gasteiger partial charge in [-0.15, -0.1) is 5.06 Å². The van der Waals surface area contributed by atoms with Crippen LogP contribution in [0.4, 0.5) is 4.79 Å². The van der Waals surface area contributed by atoms with E-state index in [1.165, 1.54) is 5.06 Å². The number of nitrogens with zero attached hydrogens (tertiary/aromatic N) is 1. The Labute approximate surface area is 178 Å². The molecule has 168 valence electrons. The summed E-state index contributed by atoms with van der Waals surface area (Å²) in [5.74, 6) is 0.353. The van der Waals surface area contributed by atoms with Gasteiger partial charge in [0.25, 0.3) is 5.91 Å². The highest BCUT2D eigenvalue weighted by atomic mass is 16.8. The van der Waals surface area contributed by atoms with Crippen LogP contribution in [0.25, 0.3) is 0 Å². The Morgan fingerprint density at radius 3 is 2.27 bits per heavy atom. The second-order valence-electron chi connectivity index (χ2n) is 9.47. The molecule has 0 radical (unpaired) electrons. The van der Waals surface area contributed by atoms with Gasteiger partial charge in [0, 0.05) is 12.1 Å². The number of benzene rings is 1. The normalized spacial score (nSPS) is 20.8. The van der Waals surface area contributed by atoms with E-state index in [1.807, 2.05) is 20.8 Å². The van der Waals surface area contributed by atoms with E-state index >= 15 is 0 Å². The van der Waals surface area contributed by atoms with Gasteiger partial charge in [0.2, 0.25) is 0 Å². The summed E-state index contributed by atoms with van der Waals surface area (Å²) in [7, 11) is 0. The average molecular weight is 423 g/mol. The Morgan fingerprint density at radius 2 is 1.70 bits per heavy atom. The van der Waals surface area contributed by atoms with Gasteiger partial charge >= 0.3 is 6.16 Å². The van der Waals surface area contributed by atoms with Gasteiger partial charge in [-0.05, 0) is 78.6 Å². The predicted octanol–water partition coefficient (Wildman–Crippen LogP) is 3.29. The van der Waals surface area contributed by atoms with Crippen LogP contribution in [0.3, 0.4) is 0 Å². The molecule has 0 aliphatic carbocycles. The van der Waals surface area contributed by atoms with E-state index in [1.54, 1.807) is 45.0 Å². The van der Waals surface area contributed by atoms with Crippen LogP contribution in [0.2, 0.25) is 0 Å². The molecule has 0 spiro atoms. The maximum atomic E-state index is 12.7. The zero-order valence-corrected chi connectivity index (χ0v) is 18.7. The van der Waals surface area contributed by atoms with Crippen molar-refractivity contribution >= 4 is 12.1 Å². The molecule has 1 aliphatic rings. The first-order valence-corrected chi connectivity index (χ1v) is 10.3. The molecule has 0 saturated carbocycles. The van der Waals surface area contributed by atoms with Gasteiger partial charge < -0.3 is 24.7 Å². The zero-order valence-electron chi connectivity index (χ0n) is 18.7. The molecule has 2 atom stereocenters. The smallest absolute Gasteiger partial charge is 0.488 e. The number of carbonyl (C=O) groups excluding carboxylic acids is 2. The van der Waals surface area contributed by atoms with Gasteiger partial charge in [-0.25, -0.2) is 4.79 Å². The van der Waals surface area contributed by atoms with Gasteiger partial charge in [0.1, 0.15) is 17.0 Å². The lowest BCUT2D eigenvalue weighted by molar-refractivity contribution is -0.144. The number of hydroxylamine groups is 2. The van der Waals surface area contributed by atoms with Crippen LogP contribution in [-0.4, -0.2) is 58.7 Å². The number of hydrogen-bond acceptors (Lipinski definition) is 7. The molecule has 1 fully saturated rings. The first-order valence-electron chi connectivity index (χ1n) is 10.3. The fraction of sp³-hybridized carbons (Fsp3) is 0.636. The molecule has 1 aromatic rings. The summed E-state index contributed by atoms with van der Waals surface area (Å²) in [5, 5.41) is 14.7. The van der Waals surface area contributed by atoms with Crippen LogP contribution < -0.4 is 10.1 Å². The number of hydrogen-bond donors (Lipinski definition) is 2. The van der Waals surface area contributed by atoms with E-state index in [0.717, 1.165) is 0 Å². The molecule has 1 amide bonds. The minimum atomic E-state index is -0.807. The molecule has 0 bridgehead atoms. The van der Waals surface area contributed by atoms with Gasteiger partial charge in [-0.2, -0.15) is 0 Å². The van der Waals surface area contributed by atoms with Crippen molar-refractivity contribution in [2.24, 2.45) is 0 Å². The quantitative estimate of drug-likeness (QED) is 0.719. The molecule has 1 aliphatic heterocycles. The second-order valence-corrected chi connectivity index (χ2v) is 9.47. The minimum absolute atomic E-state index is 0.164. The Hall–Kier alpha value is -2.32. The molecule has 1 saturated heterocycles. The van der Waals surface area contributed by atoms with Crippen molar-refractivity contribution in [2.75, 3.05) is 13.1 Å². The topological polar surface area (TPSA) is 97.3 Å². The fourth-order valence-corrected chi connectivity index (χ4v) is 2.99. The largest absolute Gasteiger partial charge is 0.528 e. The second kappa shape index (κ2) is 9.66. The highest BCUT2D eigenvalue weighted by Gasteiger charge is 2.30. The Bertz CT molecular complexity index is 721. The third-order valence-electron chi connectivity index (χ3n) is 4.22. The molecular formula is C22H34N2O6. The molecular weight excluding hydrogens is 388 g/mol. The van der Waals surface area contributed by atoms with Gasteiger partial charge in [0.05, 0.1) is 18.7 Å². The third-order valence-corrected chi connectivity index (χ3v) is 4.22. The molecule has 2 rings (SSSR count). The van der Waals surface area contributed by atoms with Crippen LogP contribution >= 0.6 is 0 Å². The monoisotopic (exact) mass is 422 g/mol. The summed E-state index contributed by atoms with van der Waals surface area (Å²) < 4.78 is 10.9. The predicted molar refractivity (Wildman–Crippen MR) is 112 cm³/mol. The van der Waals surface area contributed by atoms with Crippen molar-refractivity contribution in [3.63, 3.8) is 0 Å². The number of amides is 1. The molecule has 8 heteroatoms. The molecule has 30 heavy (non-hydrogen) atoms. The maximum Gasteiger partial charge on any atom is 0.528 e. The van der Waals surface area contributed by atoms with E-state index in [4.69, 9.17) is 14.3 Å². The first-order chi connectivity index (χ1) is 13.8. The van der Waals surface area contributed by atoms with E-state index in [2.05, 4.69) is 5.32 Å². The maximum absolute atomic E-state index is 12.7. The summed E-state index contributed by atoms with van der Waals surface area (Å²) in [6.45, 7) is 11.7. The summed E-state index contributed by atoms with van der Waals surface area (Å²) in [6, 6.07) is 6.24. The van der Waals surface area contributed by atoms with Crippen molar-refractivity contribution in [3.8, 4) is 5.75 Å². The van der Waals surface area contributed by atoms with E-state index < -0.39 is 23.9 Å². The highest BCUT2D eigenvalue weighted by Crippen LogP contribution is 2.19. The summed E-state index contributed by atoms with van der Waals surface area (Å²) in [4.78, 5) is 29.9. The minimum Gasteiger partial charge on any atom is -0.488 e. The van der Waals surface area contributed by atoms with Crippen molar-refractivity contribution < 1.29 is 29.0 Å².